The second-order valence-corrected chi connectivity index (χ2v) is 3.63. The zero-order valence-corrected chi connectivity index (χ0v) is 11.1. The predicted molar refractivity (Wildman–Crippen MR) is 74.4 cm³/mol. The van der Waals surface area contributed by atoms with E-state index in [1.54, 1.807) is 31.2 Å². The van der Waals surface area contributed by atoms with Crippen LogP contribution >= 0.6 is 0 Å². The lowest BCUT2D eigenvalue weighted by Crippen LogP contribution is -2.34. The molecule has 0 aliphatic carbocycles. The normalized spacial score (nSPS) is 9.20. The van der Waals surface area contributed by atoms with E-state index >= 15 is 0 Å². The number of carbonyl (C=O) groups is 2. The van der Waals surface area contributed by atoms with Gasteiger partial charge >= 0.3 is 12.0 Å². The number of amides is 2. The molecule has 0 aliphatic heterocycles. The molecule has 1 rings (SSSR count). The molecule has 2 amide bonds. The fourth-order valence-electron chi connectivity index (χ4n) is 1.30. The van der Waals surface area contributed by atoms with Crippen LogP contribution < -0.4 is 15.4 Å². The van der Waals surface area contributed by atoms with Crippen molar-refractivity contribution in [3.63, 3.8) is 0 Å². The molecule has 0 atom stereocenters. The van der Waals surface area contributed by atoms with Crippen LogP contribution in [0.25, 0.3) is 0 Å². The highest BCUT2D eigenvalue weighted by Gasteiger charge is 2.05. The molecule has 0 bridgehead atoms. The maximum absolute atomic E-state index is 11.5. The molecule has 1 aromatic rings. The number of carbonyl (C=O) groups excluding carboxylic acids is 2. The van der Waals surface area contributed by atoms with Gasteiger partial charge < -0.3 is 20.1 Å². The van der Waals surface area contributed by atoms with E-state index in [1.165, 1.54) is 0 Å². The van der Waals surface area contributed by atoms with Crippen molar-refractivity contribution in [2.24, 2.45) is 0 Å². The summed E-state index contributed by atoms with van der Waals surface area (Å²) in [5.41, 5.74) is 0.569. The summed E-state index contributed by atoms with van der Waals surface area (Å²) in [6.45, 7) is 1.98. The molecule has 0 heterocycles. The second kappa shape index (κ2) is 8.43. The largest absolute Gasteiger partial charge is 0.481 e. The van der Waals surface area contributed by atoms with E-state index in [0.29, 0.717) is 11.4 Å². The molecule has 0 unspecified atom stereocenters. The summed E-state index contributed by atoms with van der Waals surface area (Å²) in [5.74, 6) is 2.48. The molecular formula is C14H16N2O4. The molecule has 0 radical (unpaired) electrons. The third-order valence-corrected chi connectivity index (χ3v) is 2.13. The molecule has 0 saturated heterocycles. The fourth-order valence-corrected chi connectivity index (χ4v) is 1.30. The SMILES string of the molecule is C#CCOc1ccc(NC(=O)NCC(=O)OCC)cc1. The van der Waals surface area contributed by atoms with Crippen molar-refractivity contribution in [1.82, 2.24) is 5.32 Å². The first-order chi connectivity index (χ1) is 9.65. The molecular weight excluding hydrogens is 260 g/mol. The Hall–Kier alpha value is -2.68. The van der Waals surface area contributed by atoms with E-state index in [-0.39, 0.29) is 19.8 Å². The topological polar surface area (TPSA) is 76.7 Å². The summed E-state index contributed by atoms with van der Waals surface area (Å²) in [4.78, 5) is 22.5. The first-order valence-electron chi connectivity index (χ1n) is 6.02. The van der Waals surface area contributed by atoms with E-state index in [9.17, 15) is 9.59 Å². The van der Waals surface area contributed by atoms with Gasteiger partial charge in [0.15, 0.2) is 0 Å². The Morgan fingerprint density at radius 3 is 2.60 bits per heavy atom. The first kappa shape index (κ1) is 15.4. The molecule has 0 aromatic heterocycles. The zero-order chi connectivity index (χ0) is 14.8. The summed E-state index contributed by atoms with van der Waals surface area (Å²) < 4.78 is 9.88. The average molecular weight is 276 g/mol. The lowest BCUT2D eigenvalue weighted by molar-refractivity contribution is -0.141. The number of terminal acetylenes is 1. The van der Waals surface area contributed by atoms with E-state index in [2.05, 4.69) is 21.3 Å². The van der Waals surface area contributed by atoms with Gasteiger partial charge in [0.25, 0.3) is 0 Å². The van der Waals surface area contributed by atoms with Crippen molar-refractivity contribution in [3.05, 3.63) is 24.3 Å². The van der Waals surface area contributed by atoms with Crippen molar-refractivity contribution in [3.8, 4) is 18.1 Å². The quantitative estimate of drug-likeness (QED) is 0.608. The number of urea groups is 1. The third kappa shape index (κ3) is 5.78. The van der Waals surface area contributed by atoms with Gasteiger partial charge in [-0.05, 0) is 31.2 Å². The minimum absolute atomic E-state index is 0.178. The van der Waals surface area contributed by atoms with Crippen molar-refractivity contribution in [2.45, 2.75) is 6.92 Å². The molecule has 0 spiro atoms. The molecule has 106 valence electrons. The highest BCUT2D eigenvalue weighted by atomic mass is 16.5. The van der Waals surface area contributed by atoms with Gasteiger partial charge in [-0.25, -0.2) is 4.79 Å². The average Bonchev–Trinajstić information content (AvgIpc) is 2.45. The number of anilines is 1. The van der Waals surface area contributed by atoms with Crippen LogP contribution in [-0.4, -0.2) is 31.8 Å². The lowest BCUT2D eigenvalue weighted by atomic mass is 10.3. The number of rotatable bonds is 6. The molecule has 20 heavy (non-hydrogen) atoms. The Morgan fingerprint density at radius 1 is 1.30 bits per heavy atom. The number of benzene rings is 1. The number of ether oxygens (including phenoxy) is 2. The van der Waals surface area contributed by atoms with Gasteiger partial charge in [-0.15, -0.1) is 6.42 Å². The molecule has 1 aromatic carbocycles. The van der Waals surface area contributed by atoms with Crippen LogP contribution in [0.1, 0.15) is 6.92 Å². The summed E-state index contributed by atoms with van der Waals surface area (Å²) >= 11 is 0. The van der Waals surface area contributed by atoms with E-state index in [1.807, 2.05) is 0 Å². The van der Waals surface area contributed by atoms with Gasteiger partial charge in [0.2, 0.25) is 0 Å². The highest BCUT2D eigenvalue weighted by molar-refractivity contribution is 5.91. The maximum Gasteiger partial charge on any atom is 0.325 e. The van der Waals surface area contributed by atoms with Crippen molar-refractivity contribution in [1.29, 1.82) is 0 Å². The van der Waals surface area contributed by atoms with E-state index < -0.39 is 12.0 Å². The number of nitrogens with one attached hydrogen (secondary N) is 2. The summed E-state index contributed by atoms with van der Waals surface area (Å²) in [6, 6.07) is 6.19. The van der Waals surface area contributed by atoms with Gasteiger partial charge in [0, 0.05) is 5.69 Å². The minimum Gasteiger partial charge on any atom is -0.481 e. The van der Waals surface area contributed by atoms with E-state index in [0.717, 1.165) is 0 Å². The molecule has 0 fully saturated rings. The van der Waals surface area contributed by atoms with Crippen molar-refractivity contribution in [2.75, 3.05) is 25.1 Å². The van der Waals surface area contributed by atoms with Crippen LogP contribution in [0.5, 0.6) is 5.75 Å². The monoisotopic (exact) mass is 276 g/mol. The molecule has 0 aliphatic rings. The van der Waals surface area contributed by atoms with Crippen LogP contribution in [-0.2, 0) is 9.53 Å². The standard InChI is InChI=1S/C14H16N2O4/c1-3-9-20-12-7-5-11(6-8-12)16-14(18)15-10-13(17)19-4-2/h1,5-8H,4,9-10H2,2H3,(H2,15,16,18). The van der Waals surface area contributed by atoms with E-state index in [4.69, 9.17) is 11.2 Å². The van der Waals surface area contributed by atoms with Gasteiger partial charge in [-0.1, -0.05) is 5.92 Å². The second-order valence-electron chi connectivity index (χ2n) is 3.63. The smallest absolute Gasteiger partial charge is 0.325 e. The molecule has 2 N–H and O–H groups in total. The third-order valence-electron chi connectivity index (χ3n) is 2.13. The van der Waals surface area contributed by atoms with Crippen LogP contribution in [0.2, 0.25) is 0 Å². The van der Waals surface area contributed by atoms with Crippen LogP contribution in [0.15, 0.2) is 24.3 Å². The number of hydrogen-bond donors (Lipinski definition) is 2. The Morgan fingerprint density at radius 2 is 2.00 bits per heavy atom. The van der Waals surface area contributed by atoms with Crippen LogP contribution in [0.3, 0.4) is 0 Å². The minimum atomic E-state index is -0.490. The molecule has 6 nitrogen and oxygen atoms in total. The fraction of sp³-hybridized carbons (Fsp3) is 0.286. The summed E-state index contributed by atoms with van der Waals surface area (Å²) in [7, 11) is 0. The van der Waals surface area contributed by atoms with Crippen LogP contribution in [0, 0.1) is 12.3 Å². The maximum atomic E-state index is 11.5. The Balaban J connectivity index is 2.38. The van der Waals surface area contributed by atoms with Gasteiger partial charge in [0.1, 0.15) is 18.9 Å². The van der Waals surface area contributed by atoms with Crippen molar-refractivity contribution >= 4 is 17.7 Å². The Labute approximate surface area is 117 Å². The van der Waals surface area contributed by atoms with Gasteiger partial charge in [0.05, 0.1) is 6.61 Å². The predicted octanol–water partition coefficient (Wildman–Crippen LogP) is 1.38. The molecule has 6 heteroatoms. The highest BCUT2D eigenvalue weighted by Crippen LogP contribution is 2.15. The van der Waals surface area contributed by atoms with Gasteiger partial charge in [-0.3, -0.25) is 4.79 Å². The summed E-state index contributed by atoms with van der Waals surface area (Å²) in [5, 5.41) is 4.95. The first-order valence-corrected chi connectivity index (χ1v) is 6.02. The number of esters is 1. The van der Waals surface area contributed by atoms with Gasteiger partial charge in [-0.2, -0.15) is 0 Å². The Bertz CT molecular complexity index is 491. The zero-order valence-electron chi connectivity index (χ0n) is 11.1. The lowest BCUT2D eigenvalue weighted by Gasteiger charge is -2.08. The number of hydrogen-bond acceptors (Lipinski definition) is 4. The van der Waals surface area contributed by atoms with Crippen molar-refractivity contribution < 1.29 is 19.1 Å². The molecule has 0 saturated carbocycles. The Kier molecular flexibility index (Phi) is 6.48. The summed E-state index contributed by atoms with van der Waals surface area (Å²) in [6.07, 6.45) is 5.07. The van der Waals surface area contributed by atoms with Crippen LogP contribution in [0.4, 0.5) is 10.5 Å².